The van der Waals surface area contributed by atoms with Crippen molar-refractivity contribution >= 4 is 11.7 Å². The number of halogens is 1. The molecule has 0 aliphatic heterocycles. The average molecular weight is 448 g/mol. The van der Waals surface area contributed by atoms with Gasteiger partial charge in [-0.15, -0.1) is 5.10 Å². The van der Waals surface area contributed by atoms with Gasteiger partial charge in [0.25, 0.3) is 5.91 Å². The van der Waals surface area contributed by atoms with E-state index in [9.17, 15) is 14.0 Å². The Labute approximate surface area is 190 Å². The minimum atomic E-state index is -0.617. The molecule has 0 saturated heterocycles. The zero-order valence-electron chi connectivity index (χ0n) is 18.3. The molecule has 0 spiro atoms. The molecule has 0 bridgehead atoms. The number of Topliss-reactive ketones (excluding diaryl/α,β-unsaturated/α-hetero) is 1. The van der Waals surface area contributed by atoms with Gasteiger partial charge in [-0.2, -0.15) is 9.90 Å². The molecule has 1 amide bonds. The molecular weight excluding hydrogens is 423 g/mol. The molecule has 1 heterocycles. The highest BCUT2D eigenvalue weighted by atomic mass is 19.1. The number of carbonyl (C=O) groups is 2. The summed E-state index contributed by atoms with van der Waals surface area (Å²) >= 11 is 0. The maximum Gasteiger partial charge on any atom is 0.254 e. The van der Waals surface area contributed by atoms with Crippen LogP contribution in [0.3, 0.4) is 0 Å². The number of rotatable bonds is 9. The monoisotopic (exact) mass is 448 g/mol. The van der Waals surface area contributed by atoms with Crippen molar-refractivity contribution in [2.24, 2.45) is 5.92 Å². The molecule has 1 unspecified atom stereocenters. The lowest BCUT2D eigenvalue weighted by molar-refractivity contribution is 0.0944. The van der Waals surface area contributed by atoms with E-state index < -0.39 is 11.7 Å². The van der Waals surface area contributed by atoms with Crippen molar-refractivity contribution in [1.29, 1.82) is 0 Å². The second-order valence-electron chi connectivity index (χ2n) is 8.65. The second-order valence-corrected chi connectivity index (χ2v) is 8.65. The van der Waals surface area contributed by atoms with Gasteiger partial charge in [-0.25, -0.2) is 4.39 Å². The molecule has 1 N–H and O–H groups in total. The van der Waals surface area contributed by atoms with E-state index in [1.54, 1.807) is 36.5 Å². The summed E-state index contributed by atoms with van der Waals surface area (Å²) in [5.41, 5.74) is 1.74. The molecule has 0 radical (unpaired) electrons. The number of benzene rings is 2. The van der Waals surface area contributed by atoms with Crippen LogP contribution in [0.2, 0.25) is 0 Å². The first kappa shape index (κ1) is 21.3. The fourth-order valence-electron chi connectivity index (χ4n) is 3.65. The molecule has 5 rings (SSSR count). The second kappa shape index (κ2) is 8.77. The van der Waals surface area contributed by atoms with Gasteiger partial charge in [0.15, 0.2) is 5.78 Å². The van der Waals surface area contributed by atoms with E-state index >= 15 is 0 Å². The molecule has 2 saturated carbocycles. The van der Waals surface area contributed by atoms with Crippen LogP contribution in [-0.2, 0) is 0 Å². The number of hydrogen-bond acceptors (Lipinski definition) is 5. The third kappa shape index (κ3) is 4.79. The number of nitrogens with one attached hydrogen (secondary N) is 1. The summed E-state index contributed by atoms with van der Waals surface area (Å²) in [7, 11) is 0. The third-order valence-corrected chi connectivity index (χ3v) is 5.92. The zero-order chi connectivity index (χ0) is 22.9. The summed E-state index contributed by atoms with van der Waals surface area (Å²) in [6, 6.07) is 11.7. The van der Waals surface area contributed by atoms with Crippen molar-refractivity contribution in [2.75, 3.05) is 0 Å². The zero-order valence-corrected chi connectivity index (χ0v) is 18.3. The van der Waals surface area contributed by atoms with Crippen LogP contribution in [0.4, 0.5) is 4.39 Å². The minimum Gasteiger partial charge on any atom is -0.484 e. The Kier molecular flexibility index (Phi) is 5.66. The van der Waals surface area contributed by atoms with Gasteiger partial charge in [0, 0.05) is 23.6 Å². The highest BCUT2D eigenvalue weighted by Gasteiger charge is 2.30. The molecule has 7 nitrogen and oxygen atoms in total. The summed E-state index contributed by atoms with van der Waals surface area (Å²) < 4.78 is 20.6. The van der Waals surface area contributed by atoms with Crippen LogP contribution in [0.25, 0.3) is 5.69 Å². The maximum absolute atomic E-state index is 14.5. The fourth-order valence-corrected chi connectivity index (χ4v) is 3.65. The van der Waals surface area contributed by atoms with E-state index in [0.29, 0.717) is 29.1 Å². The summed E-state index contributed by atoms with van der Waals surface area (Å²) in [6.45, 7) is 1.97. The Hall–Kier alpha value is -3.55. The molecule has 1 aromatic heterocycles. The molecule has 3 aromatic rings. The van der Waals surface area contributed by atoms with E-state index in [1.165, 1.54) is 16.9 Å². The van der Waals surface area contributed by atoms with Crippen molar-refractivity contribution in [3.8, 4) is 11.4 Å². The first-order valence-electron chi connectivity index (χ1n) is 11.4. The van der Waals surface area contributed by atoms with E-state index in [2.05, 4.69) is 15.5 Å². The van der Waals surface area contributed by atoms with E-state index in [1.807, 2.05) is 6.92 Å². The largest absolute Gasteiger partial charge is 0.484 e. The lowest BCUT2D eigenvalue weighted by Gasteiger charge is -2.15. The van der Waals surface area contributed by atoms with Crippen molar-refractivity contribution in [2.45, 2.75) is 51.2 Å². The van der Waals surface area contributed by atoms with Crippen molar-refractivity contribution in [3.05, 3.63) is 71.3 Å². The van der Waals surface area contributed by atoms with Crippen LogP contribution < -0.4 is 10.1 Å². The maximum atomic E-state index is 14.5. The number of amides is 1. The van der Waals surface area contributed by atoms with Crippen LogP contribution in [0.1, 0.15) is 71.5 Å². The average Bonchev–Trinajstić information content (AvgIpc) is 3.76. The first-order chi connectivity index (χ1) is 16.0. The Morgan fingerprint density at radius 2 is 1.91 bits per heavy atom. The summed E-state index contributed by atoms with van der Waals surface area (Å²) in [6.07, 6.45) is 5.72. The lowest BCUT2D eigenvalue weighted by atomic mass is 10.1. The molecular formula is C25H25FN4O3. The summed E-state index contributed by atoms with van der Waals surface area (Å²) in [5, 5.41) is 11.5. The molecule has 2 aromatic carbocycles. The molecule has 1 atom stereocenters. The van der Waals surface area contributed by atoms with Crippen LogP contribution in [-0.4, -0.2) is 32.7 Å². The molecule has 170 valence electrons. The molecule has 2 aliphatic rings. The lowest BCUT2D eigenvalue weighted by Crippen LogP contribution is -2.26. The van der Waals surface area contributed by atoms with Crippen molar-refractivity contribution in [1.82, 2.24) is 20.3 Å². The minimum absolute atomic E-state index is 0.0106. The SMILES string of the molecule is CCC(Oc1ccc(C(=O)C2CC2)cc1)c1cnn(-c2ccc(C(=O)NC3CC3)c(F)c2)n1. The first-order valence-corrected chi connectivity index (χ1v) is 11.4. The molecule has 2 aliphatic carbocycles. The number of ether oxygens (including phenoxy) is 1. The number of aromatic nitrogens is 3. The number of ketones is 1. The van der Waals surface area contributed by atoms with Gasteiger partial charge in [0.05, 0.1) is 17.4 Å². The van der Waals surface area contributed by atoms with Gasteiger partial charge >= 0.3 is 0 Å². The number of hydrogen-bond donors (Lipinski definition) is 1. The Balaban J connectivity index is 1.28. The van der Waals surface area contributed by atoms with Crippen molar-refractivity contribution in [3.63, 3.8) is 0 Å². The Morgan fingerprint density at radius 3 is 2.55 bits per heavy atom. The van der Waals surface area contributed by atoms with Crippen LogP contribution in [0, 0.1) is 11.7 Å². The standard InChI is InChI=1S/C25H25FN4O3/c1-2-23(33-19-10-5-16(6-11-19)24(31)15-3-4-15)22-14-27-30(29-22)18-9-12-20(21(26)13-18)25(32)28-17-7-8-17/h5-6,9-15,17,23H,2-4,7-8H2,1H3,(H,28,32). The van der Waals surface area contributed by atoms with Gasteiger partial charge < -0.3 is 10.1 Å². The Morgan fingerprint density at radius 1 is 1.15 bits per heavy atom. The molecule has 2 fully saturated rings. The highest BCUT2D eigenvalue weighted by molar-refractivity contribution is 5.99. The van der Waals surface area contributed by atoms with Gasteiger partial charge in [0.2, 0.25) is 0 Å². The fraction of sp³-hybridized carbons (Fsp3) is 0.360. The Bertz CT molecular complexity index is 1180. The van der Waals surface area contributed by atoms with Gasteiger partial charge in [-0.05, 0) is 68.5 Å². The summed E-state index contributed by atoms with van der Waals surface area (Å²) in [4.78, 5) is 25.6. The predicted molar refractivity (Wildman–Crippen MR) is 119 cm³/mol. The highest BCUT2D eigenvalue weighted by Crippen LogP contribution is 2.33. The molecule has 8 heteroatoms. The van der Waals surface area contributed by atoms with E-state index in [0.717, 1.165) is 25.7 Å². The van der Waals surface area contributed by atoms with Crippen LogP contribution in [0.15, 0.2) is 48.7 Å². The van der Waals surface area contributed by atoms with E-state index in [4.69, 9.17) is 4.74 Å². The van der Waals surface area contributed by atoms with Crippen LogP contribution in [0.5, 0.6) is 5.75 Å². The van der Waals surface area contributed by atoms with Gasteiger partial charge in [-0.3, -0.25) is 9.59 Å². The van der Waals surface area contributed by atoms with Gasteiger partial charge in [0.1, 0.15) is 23.4 Å². The van der Waals surface area contributed by atoms with Gasteiger partial charge in [-0.1, -0.05) is 6.92 Å². The predicted octanol–water partition coefficient (Wildman–Crippen LogP) is 4.42. The number of carbonyl (C=O) groups excluding carboxylic acids is 2. The summed E-state index contributed by atoms with van der Waals surface area (Å²) in [5.74, 6) is -0.00380. The third-order valence-electron chi connectivity index (χ3n) is 5.92. The topological polar surface area (TPSA) is 86.1 Å². The smallest absolute Gasteiger partial charge is 0.254 e. The number of nitrogens with zero attached hydrogens (tertiary/aromatic N) is 3. The van der Waals surface area contributed by atoms with E-state index in [-0.39, 0.29) is 29.4 Å². The van der Waals surface area contributed by atoms with Crippen molar-refractivity contribution < 1.29 is 18.7 Å². The molecule has 33 heavy (non-hydrogen) atoms. The van der Waals surface area contributed by atoms with Crippen LogP contribution >= 0.6 is 0 Å². The quantitative estimate of drug-likeness (QED) is 0.490. The normalized spacial score (nSPS) is 16.3.